The van der Waals surface area contributed by atoms with Gasteiger partial charge in [-0.05, 0) is 4.68 Å². The average Bonchev–Trinajstić information content (AvgIpc) is 2.53. The molecular weight excluding hydrogens is 172 g/mol. The van der Waals surface area contributed by atoms with Crippen LogP contribution in [0.5, 0.6) is 5.88 Å². The second-order valence-electron chi connectivity index (χ2n) is 2.29. The van der Waals surface area contributed by atoms with Crippen molar-refractivity contribution in [3.8, 4) is 11.6 Å². The molecule has 0 unspecified atom stereocenters. The quantitative estimate of drug-likeness (QED) is 0.596. The van der Waals surface area contributed by atoms with E-state index in [1.54, 1.807) is 0 Å². The number of aromatic nitrogens is 2. The molecule has 0 spiro atoms. The molecule has 0 saturated heterocycles. The molecule has 2 aromatic rings. The highest BCUT2D eigenvalue weighted by Gasteiger charge is 2.08. The Bertz CT molecular complexity index is 372. The summed E-state index contributed by atoms with van der Waals surface area (Å²) in [5, 5.41) is 12.6. The van der Waals surface area contributed by atoms with E-state index >= 15 is 0 Å². The van der Waals surface area contributed by atoms with Crippen LogP contribution in [0.1, 0.15) is 0 Å². The van der Waals surface area contributed by atoms with Gasteiger partial charge in [-0.1, -0.05) is 18.2 Å². The Balaban J connectivity index is 2.51. The largest absolute Gasteiger partial charge is 0.820 e. The third-order valence-electron chi connectivity index (χ3n) is 1.49. The number of hydrogen-bond donors (Lipinski definition) is 0. The second kappa shape index (κ2) is 2.91. The number of rotatable bonds is 1. The van der Waals surface area contributed by atoms with Crippen molar-refractivity contribution >= 4 is 11.5 Å². The summed E-state index contributed by atoms with van der Waals surface area (Å²) in [7, 11) is 0. The third-order valence-corrected chi connectivity index (χ3v) is 2.06. The lowest BCUT2D eigenvalue weighted by Crippen LogP contribution is -2.34. The highest BCUT2D eigenvalue weighted by molar-refractivity contribution is 7.03. The first-order valence-corrected chi connectivity index (χ1v) is 4.31. The fraction of sp³-hybridized carbons (Fsp3) is 0. The van der Waals surface area contributed by atoms with Crippen molar-refractivity contribution in [1.29, 1.82) is 0 Å². The number of para-hydroxylation sites is 1. The van der Waals surface area contributed by atoms with Crippen LogP contribution in [0.3, 0.4) is 0 Å². The summed E-state index contributed by atoms with van der Waals surface area (Å²) in [5.74, 6) is -0.0776. The SMILES string of the molecule is [O-]c1csn[n+]1-c1ccccc1. The average molecular weight is 178 g/mol. The van der Waals surface area contributed by atoms with Crippen molar-refractivity contribution in [2.45, 2.75) is 0 Å². The van der Waals surface area contributed by atoms with Gasteiger partial charge in [0.2, 0.25) is 5.69 Å². The Morgan fingerprint density at radius 1 is 1.25 bits per heavy atom. The highest BCUT2D eigenvalue weighted by Crippen LogP contribution is 2.04. The van der Waals surface area contributed by atoms with Crippen molar-refractivity contribution in [3.63, 3.8) is 0 Å². The lowest BCUT2D eigenvalue weighted by Gasteiger charge is -1.94. The molecular formula is C8H6N2OS. The van der Waals surface area contributed by atoms with E-state index in [4.69, 9.17) is 0 Å². The van der Waals surface area contributed by atoms with Crippen LogP contribution in [0, 0.1) is 0 Å². The molecule has 0 radical (unpaired) electrons. The second-order valence-corrected chi connectivity index (χ2v) is 2.90. The molecule has 0 amide bonds. The zero-order valence-electron chi connectivity index (χ0n) is 6.18. The molecule has 0 bridgehead atoms. The van der Waals surface area contributed by atoms with Crippen LogP contribution in [0.15, 0.2) is 35.7 Å². The lowest BCUT2D eigenvalue weighted by atomic mass is 10.3. The minimum absolute atomic E-state index is 0.0776. The van der Waals surface area contributed by atoms with Crippen molar-refractivity contribution < 1.29 is 9.79 Å². The zero-order chi connectivity index (χ0) is 8.39. The van der Waals surface area contributed by atoms with Gasteiger partial charge in [0.25, 0.3) is 0 Å². The molecule has 3 nitrogen and oxygen atoms in total. The van der Waals surface area contributed by atoms with Gasteiger partial charge in [-0.15, -0.1) is 0 Å². The summed E-state index contributed by atoms with van der Waals surface area (Å²) in [6.45, 7) is 0. The van der Waals surface area contributed by atoms with Crippen LogP contribution in [0.25, 0.3) is 5.69 Å². The summed E-state index contributed by atoms with van der Waals surface area (Å²) in [5.41, 5.74) is 0.809. The van der Waals surface area contributed by atoms with E-state index in [0.29, 0.717) is 0 Å². The number of hydrogen-bond acceptors (Lipinski definition) is 3. The molecule has 4 heteroatoms. The molecule has 0 aliphatic heterocycles. The van der Waals surface area contributed by atoms with E-state index in [1.165, 1.54) is 10.1 Å². The predicted octanol–water partition coefficient (Wildman–Crippen LogP) is 0.493. The molecule has 0 aliphatic carbocycles. The Labute approximate surface area is 73.7 Å². The molecule has 1 aromatic carbocycles. The van der Waals surface area contributed by atoms with E-state index in [9.17, 15) is 5.11 Å². The van der Waals surface area contributed by atoms with Gasteiger partial charge in [0, 0.05) is 23.7 Å². The van der Waals surface area contributed by atoms with Gasteiger partial charge < -0.3 is 5.11 Å². The van der Waals surface area contributed by atoms with E-state index in [1.807, 2.05) is 30.3 Å². The van der Waals surface area contributed by atoms with E-state index < -0.39 is 0 Å². The van der Waals surface area contributed by atoms with E-state index in [0.717, 1.165) is 17.2 Å². The highest BCUT2D eigenvalue weighted by atomic mass is 32.1. The molecule has 12 heavy (non-hydrogen) atoms. The molecule has 0 atom stereocenters. The summed E-state index contributed by atoms with van der Waals surface area (Å²) in [6.07, 6.45) is 0. The fourth-order valence-electron chi connectivity index (χ4n) is 0.950. The van der Waals surface area contributed by atoms with E-state index in [-0.39, 0.29) is 5.88 Å². The van der Waals surface area contributed by atoms with Crippen LogP contribution in [-0.4, -0.2) is 4.49 Å². The lowest BCUT2D eigenvalue weighted by molar-refractivity contribution is -0.695. The molecule has 0 N–H and O–H groups in total. The standard InChI is InChI=1S/C8H6N2OS/c11-8-6-12-9-10(8)7-4-2-1-3-5-7/h1-6H. The molecule has 2 rings (SSSR count). The Morgan fingerprint density at radius 2 is 2.00 bits per heavy atom. The number of benzene rings is 1. The molecule has 0 fully saturated rings. The van der Waals surface area contributed by atoms with Gasteiger partial charge >= 0.3 is 0 Å². The maximum Gasteiger partial charge on any atom is 0.238 e. The maximum atomic E-state index is 11.1. The maximum absolute atomic E-state index is 11.1. The van der Waals surface area contributed by atoms with Gasteiger partial charge in [0.15, 0.2) is 5.88 Å². The summed E-state index contributed by atoms with van der Waals surface area (Å²) >= 11 is 1.16. The monoisotopic (exact) mass is 178 g/mol. The normalized spacial score (nSPS) is 10.0. The summed E-state index contributed by atoms with van der Waals surface area (Å²) in [4.78, 5) is 0. The first kappa shape index (κ1) is 7.24. The van der Waals surface area contributed by atoms with Crippen LogP contribution in [0.4, 0.5) is 0 Å². The predicted molar refractivity (Wildman–Crippen MR) is 43.1 cm³/mol. The molecule has 1 aromatic heterocycles. The third kappa shape index (κ3) is 1.16. The number of nitrogens with zero attached hydrogens (tertiary/aromatic N) is 2. The minimum atomic E-state index is -0.0776. The van der Waals surface area contributed by atoms with Crippen molar-refractivity contribution in [2.75, 3.05) is 0 Å². The van der Waals surface area contributed by atoms with Gasteiger partial charge in [-0.25, -0.2) is 0 Å². The van der Waals surface area contributed by atoms with Crippen molar-refractivity contribution in [3.05, 3.63) is 35.7 Å². The van der Waals surface area contributed by atoms with Gasteiger partial charge in [-0.2, -0.15) is 0 Å². The van der Waals surface area contributed by atoms with Crippen molar-refractivity contribution in [1.82, 2.24) is 4.49 Å². The molecule has 1 heterocycles. The van der Waals surface area contributed by atoms with Gasteiger partial charge in [-0.3, -0.25) is 0 Å². The van der Waals surface area contributed by atoms with Gasteiger partial charge in [0.1, 0.15) is 0 Å². The molecule has 0 saturated carbocycles. The van der Waals surface area contributed by atoms with E-state index in [2.05, 4.69) is 4.49 Å². The summed E-state index contributed by atoms with van der Waals surface area (Å²) < 4.78 is 5.31. The summed E-state index contributed by atoms with van der Waals surface area (Å²) in [6, 6.07) is 9.35. The topological polar surface area (TPSA) is 39.8 Å². The van der Waals surface area contributed by atoms with Crippen LogP contribution in [-0.2, 0) is 0 Å². The Morgan fingerprint density at radius 3 is 2.58 bits per heavy atom. The molecule has 60 valence electrons. The van der Waals surface area contributed by atoms with Crippen LogP contribution in [0.2, 0.25) is 0 Å². The first-order chi connectivity index (χ1) is 5.88. The Kier molecular flexibility index (Phi) is 1.75. The fourth-order valence-corrected chi connectivity index (χ4v) is 1.46. The smallest absolute Gasteiger partial charge is 0.238 e. The Hall–Kier alpha value is -1.42. The first-order valence-electron chi connectivity index (χ1n) is 3.47. The van der Waals surface area contributed by atoms with Crippen molar-refractivity contribution in [2.24, 2.45) is 0 Å². The minimum Gasteiger partial charge on any atom is -0.820 e. The van der Waals surface area contributed by atoms with Crippen LogP contribution < -0.4 is 9.79 Å². The molecule has 0 aliphatic rings. The zero-order valence-corrected chi connectivity index (χ0v) is 6.99. The van der Waals surface area contributed by atoms with Gasteiger partial charge in [0.05, 0.1) is 9.87 Å². The van der Waals surface area contributed by atoms with Crippen LogP contribution >= 0.6 is 11.5 Å².